The van der Waals surface area contributed by atoms with Crippen LogP contribution in [0.25, 0.3) is 15.9 Å². The monoisotopic (exact) mass is 487 g/mol. The van der Waals surface area contributed by atoms with Gasteiger partial charge < -0.3 is 14.8 Å². The molecule has 1 amide bonds. The molecule has 4 aromatic rings. The van der Waals surface area contributed by atoms with E-state index in [1.165, 1.54) is 41.5 Å². The number of amides is 1. The lowest BCUT2D eigenvalue weighted by molar-refractivity contribution is -0.117. The summed E-state index contributed by atoms with van der Waals surface area (Å²) in [6, 6.07) is 3.12. The summed E-state index contributed by atoms with van der Waals surface area (Å²) in [5.41, 5.74) is 1.72. The second-order valence-electron chi connectivity index (χ2n) is 8.15. The minimum atomic E-state index is -0.439. The van der Waals surface area contributed by atoms with Gasteiger partial charge in [-0.1, -0.05) is 18.5 Å². The highest BCUT2D eigenvalue weighted by atomic mass is 35.5. The van der Waals surface area contributed by atoms with E-state index in [-0.39, 0.29) is 6.54 Å². The Hall–Kier alpha value is -3.11. The van der Waals surface area contributed by atoms with E-state index in [1.54, 1.807) is 17.4 Å². The minimum absolute atomic E-state index is 0.266. The number of aromatic nitrogens is 4. The number of carbonyl (C=O) groups is 1. The van der Waals surface area contributed by atoms with E-state index >= 15 is 0 Å². The summed E-state index contributed by atoms with van der Waals surface area (Å²) in [7, 11) is 2.97. The molecule has 1 aliphatic rings. The smallest absolute Gasteiger partial charge is 0.352 e. The highest BCUT2D eigenvalue weighted by Gasteiger charge is 2.24. The summed E-state index contributed by atoms with van der Waals surface area (Å²) in [6.45, 7) is 1.98. The molecular weight excluding hydrogens is 466 g/mol. The first-order valence-corrected chi connectivity index (χ1v) is 11.7. The predicted molar refractivity (Wildman–Crippen MR) is 127 cm³/mol. The Morgan fingerprint density at radius 1 is 1.30 bits per heavy atom. The number of fused-ring (bicyclic) bond motifs is 5. The highest BCUT2D eigenvalue weighted by Crippen LogP contribution is 2.38. The van der Waals surface area contributed by atoms with E-state index in [1.807, 2.05) is 0 Å². The van der Waals surface area contributed by atoms with E-state index in [0.717, 1.165) is 34.2 Å². The molecule has 1 atom stereocenters. The summed E-state index contributed by atoms with van der Waals surface area (Å²) in [6.07, 6.45) is 4.54. The maximum Gasteiger partial charge on any atom is 0.352 e. The maximum atomic E-state index is 12.9. The van der Waals surface area contributed by atoms with Gasteiger partial charge in [-0.3, -0.25) is 4.79 Å². The van der Waals surface area contributed by atoms with Crippen LogP contribution in [0.4, 0.5) is 5.69 Å². The zero-order valence-electron chi connectivity index (χ0n) is 18.3. The fraction of sp³-hybridized carbons (Fsp3) is 0.364. The van der Waals surface area contributed by atoms with E-state index in [0.29, 0.717) is 33.8 Å². The van der Waals surface area contributed by atoms with Crippen LogP contribution in [0.5, 0.6) is 11.5 Å². The lowest BCUT2D eigenvalue weighted by Crippen LogP contribution is -2.28. The predicted octanol–water partition coefficient (Wildman–Crippen LogP) is 3.54. The lowest BCUT2D eigenvalue weighted by Gasteiger charge is -2.17. The van der Waals surface area contributed by atoms with Crippen molar-refractivity contribution in [1.82, 2.24) is 19.2 Å². The van der Waals surface area contributed by atoms with Gasteiger partial charge in [0.15, 0.2) is 5.65 Å². The normalized spacial score (nSPS) is 15.6. The Kier molecular flexibility index (Phi) is 5.49. The van der Waals surface area contributed by atoms with Crippen LogP contribution in [0.1, 0.15) is 23.8 Å². The number of nitrogens with zero attached hydrogens (tertiary/aromatic N) is 4. The summed E-state index contributed by atoms with van der Waals surface area (Å²) in [5.74, 6) is 1.00. The number of nitrogens with one attached hydrogen (secondary N) is 1. The van der Waals surface area contributed by atoms with Crippen LogP contribution >= 0.6 is 22.9 Å². The number of anilines is 1. The number of aryl methyl sites for hydroxylation is 1. The zero-order valence-corrected chi connectivity index (χ0v) is 19.9. The van der Waals surface area contributed by atoms with Crippen molar-refractivity contribution < 1.29 is 14.3 Å². The lowest BCUT2D eigenvalue weighted by atomic mass is 9.89. The molecule has 0 spiro atoms. The molecule has 9 nitrogen and oxygen atoms in total. The van der Waals surface area contributed by atoms with E-state index in [9.17, 15) is 9.59 Å². The molecular formula is C22H22ClN5O4S. The van der Waals surface area contributed by atoms with Crippen molar-refractivity contribution in [1.29, 1.82) is 0 Å². The van der Waals surface area contributed by atoms with Gasteiger partial charge in [0.2, 0.25) is 5.91 Å². The molecule has 3 heterocycles. The SMILES string of the molecule is COc1cc(OC)c(NC(=O)Cn2nc3c4c5c(sc4ncn3c2=O)C[C@@H](C)CC5)cc1Cl. The Labute approximate surface area is 197 Å². The van der Waals surface area contributed by atoms with Crippen molar-refractivity contribution in [3.05, 3.63) is 44.4 Å². The summed E-state index contributed by atoms with van der Waals surface area (Å²) in [5, 5.41) is 8.48. The number of hydrogen-bond donors (Lipinski definition) is 1. The second kappa shape index (κ2) is 8.35. The van der Waals surface area contributed by atoms with Crippen molar-refractivity contribution in [2.45, 2.75) is 32.7 Å². The first kappa shape index (κ1) is 21.7. The standard InChI is InChI=1S/C22H22ClN5O4S/c1-11-4-5-12-17(6-11)33-21-19(12)20-26-28(22(30)27(20)10-24-21)9-18(29)25-14-7-13(23)15(31-2)8-16(14)32-3/h7-8,10-11H,4-6,9H2,1-3H3,(H,25,29)/t11-/m0/s1. The van der Waals surface area contributed by atoms with Crippen molar-refractivity contribution in [2.24, 2.45) is 5.92 Å². The fourth-order valence-corrected chi connectivity index (χ4v) is 5.84. The molecule has 1 aromatic carbocycles. The summed E-state index contributed by atoms with van der Waals surface area (Å²) >= 11 is 7.85. The molecule has 0 bridgehead atoms. The average molecular weight is 488 g/mol. The van der Waals surface area contributed by atoms with Crippen LogP contribution in [0.3, 0.4) is 0 Å². The summed E-state index contributed by atoms with van der Waals surface area (Å²) in [4.78, 5) is 32.4. The van der Waals surface area contributed by atoms with Crippen LogP contribution in [-0.2, 0) is 24.2 Å². The Balaban J connectivity index is 1.48. The number of hydrogen-bond acceptors (Lipinski definition) is 7. The zero-order chi connectivity index (χ0) is 23.3. The van der Waals surface area contributed by atoms with Crippen molar-refractivity contribution in [3.8, 4) is 11.5 Å². The molecule has 1 N–H and O–H groups in total. The van der Waals surface area contributed by atoms with Crippen LogP contribution in [0, 0.1) is 5.92 Å². The van der Waals surface area contributed by atoms with Gasteiger partial charge in [0, 0.05) is 10.9 Å². The quantitative estimate of drug-likeness (QED) is 0.462. The molecule has 0 saturated carbocycles. The van der Waals surface area contributed by atoms with Gasteiger partial charge in [-0.15, -0.1) is 16.4 Å². The summed E-state index contributed by atoms with van der Waals surface area (Å²) < 4.78 is 13.1. The van der Waals surface area contributed by atoms with Crippen LogP contribution in [0.15, 0.2) is 23.3 Å². The maximum absolute atomic E-state index is 12.9. The molecule has 0 aliphatic heterocycles. The molecule has 5 rings (SSSR count). The fourth-order valence-electron chi connectivity index (χ4n) is 4.25. The number of methoxy groups -OCH3 is 2. The first-order valence-electron chi connectivity index (χ1n) is 10.5. The van der Waals surface area contributed by atoms with Gasteiger partial charge >= 0.3 is 5.69 Å². The third-order valence-electron chi connectivity index (χ3n) is 5.92. The van der Waals surface area contributed by atoms with Gasteiger partial charge in [0.05, 0.1) is 30.3 Å². The molecule has 0 saturated heterocycles. The topological polar surface area (TPSA) is 99.8 Å². The molecule has 0 fully saturated rings. The van der Waals surface area contributed by atoms with Gasteiger partial charge in [0.25, 0.3) is 0 Å². The Morgan fingerprint density at radius 3 is 2.85 bits per heavy atom. The minimum Gasteiger partial charge on any atom is -0.495 e. The van der Waals surface area contributed by atoms with Gasteiger partial charge in [-0.2, -0.15) is 0 Å². The van der Waals surface area contributed by atoms with Crippen molar-refractivity contribution >= 4 is 50.4 Å². The van der Waals surface area contributed by atoms with Gasteiger partial charge in [-0.05, 0) is 36.8 Å². The van der Waals surface area contributed by atoms with E-state index in [4.69, 9.17) is 21.1 Å². The molecule has 172 valence electrons. The third kappa shape index (κ3) is 3.72. The van der Waals surface area contributed by atoms with Crippen LogP contribution < -0.4 is 20.5 Å². The number of benzene rings is 1. The molecule has 1 aliphatic carbocycles. The van der Waals surface area contributed by atoms with Crippen LogP contribution in [0.2, 0.25) is 5.02 Å². The van der Waals surface area contributed by atoms with Crippen molar-refractivity contribution in [2.75, 3.05) is 19.5 Å². The average Bonchev–Trinajstić information content (AvgIpc) is 3.30. The van der Waals surface area contributed by atoms with E-state index in [2.05, 4.69) is 22.3 Å². The van der Waals surface area contributed by atoms with Crippen LogP contribution in [-0.4, -0.2) is 39.3 Å². The first-order chi connectivity index (χ1) is 15.9. The van der Waals surface area contributed by atoms with Gasteiger partial charge in [-0.25, -0.2) is 18.9 Å². The highest BCUT2D eigenvalue weighted by molar-refractivity contribution is 7.19. The number of ether oxygens (including phenoxy) is 2. The van der Waals surface area contributed by atoms with Gasteiger partial charge in [0.1, 0.15) is 29.2 Å². The molecule has 0 radical (unpaired) electrons. The molecule has 33 heavy (non-hydrogen) atoms. The number of thiophene rings is 1. The number of rotatable bonds is 5. The molecule has 0 unspecified atom stereocenters. The second-order valence-corrected chi connectivity index (χ2v) is 9.64. The Bertz CT molecular complexity index is 1460. The largest absolute Gasteiger partial charge is 0.495 e. The number of carbonyl (C=O) groups excluding carboxylic acids is 1. The molecule has 11 heteroatoms. The van der Waals surface area contributed by atoms with E-state index < -0.39 is 11.6 Å². The third-order valence-corrected chi connectivity index (χ3v) is 7.38. The number of halogens is 1. The van der Waals surface area contributed by atoms with Crippen molar-refractivity contribution in [3.63, 3.8) is 0 Å². The Morgan fingerprint density at radius 2 is 2.09 bits per heavy atom. The molecule has 3 aromatic heterocycles.